The van der Waals surface area contributed by atoms with Gasteiger partial charge in [0.15, 0.2) is 5.76 Å². The molecule has 0 atom stereocenters. The van der Waals surface area contributed by atoms with E-state index in [0.29, 0.717) is 0 Å². The molecule has 3 aromatic rings. The summed E-state index contributed by atoms with van der Waals surface area (Å²) in [6.45, 7) is 6.26. The first-order chi connectivity index (χ1) is 9.57. The number of aromatic nitrogens is 4. The van der Waals surface area contributed by atoms with Gasteiger partial charge in [0.25, 0.3) is 0 Å². The lowest BCUT2D eigenvalue weighted by Crippen LogP contribution is -2.14. The van der Waals surface area contributed by atoms with E-state index in [1.54, 1.807) is 11.0 Å². The Morgan fingerprint density at radius 2 is 1.85 bits per heavy atom. The summed E-state index contributed by atoms with van der Waals surface area (Å²) in [5.41, 5.74) is 2.46. The molecule has 102 valence electrons. The summed E-state index contributed by atoms with van der Waals surface area (Å²) in [6, 6.07) is 9.94. The Kier molecular flexibility index (Phi) is 2.89. The van der Waals surface area contributed by atoms with E-state index in [-0.39, 0.29) is 5.41 Å². The number of nitrogens with zero attached hydrogens (tertiary/aromatic N) is 4. The van der Waals surface area contributed by atoms with Gasteiger partial charge in [0.2, 0.25) is 0 Å². The maximum atomic E-state index is 5.60. The van der Waals surface area contributed by atoms with Crippen LogP contribution in [-0.4, -0.2) is 19.9 Å². The smallest absolute Gasteiger partial charge is 0.168 e. The second-order valence-electron chi connectivity index (χ2n) is 5.66. The largest absolute Gasteiger partial charge is 0.358 e. The zero-order chi connectivity index (χ0) is 14.2. The molecule has 20 heavy (non-hydrogen) atoms. The van der Waals surface area contributed by atoms with Gasteiger partial charge in [-0.25, -0.2) is 9.67 Å². The van der Waals surface area contributed by atoms with E-state index in [2.05, 4.69) is 36.0 Å². The molecule has 0 radical (unpaired) electrons. The fraction of sp³-hybridized carbons (Fsp3) is 0.267. The minimum Gasteiger partial charge on any atom is -0.358 e. The molecule has 3 rings (SSSR count). The van der Waals surface area contributed by atoms with E-state index >= 15 is 0 Å². The summed E-state index contributed by atoms with van der Waals surface area (Å²) in [5.74, 6) is 0.793. The van der Waals surface area contributed by atoms with Crippen molar-refractivity contribution in [2.75, 3.05) is 0 Å². The van der Waals surface area contributed by atoms with Gasteiger partial charge in [0, 0.05) is 11.0 Å². The van der Waals surface area contributed by atoms with Crippen LogP contribution < -0.4 is 0 Å². The summed E-state index contributed by atoms with van der Waals surface area (Å²) in [7, 11) is 0. The van der Waals surface area contributed by atoms with Gasteiger partial charge in [-0.15, -0.1) is 0 Å². The normalized spacial score (nSPS) is 11.8. The lowest BCUT2D eigenvalue weighted by atomic mass is 9.91. The molecule has 2 heterocycles. The van der Waals surface area contributed by atoms with Crippen LogP contribution in [0.5, 0.6) is 0 Å². The molecular formula is C15H16N4O. The van der Waals surface area contributed by atoms with E-state index in [0.717, 1.165) is 22.7 Å². The first-order valence-electron chi connectivity index (χ1n) is 6.48. The zero-order valence-electron chi connectivity index (χ0n) is 11.7. The van der Waals surface area contributed by atoms with E-state index in [4.69, 9.17) is 4.52 Å². The highest BCUT2D eigenvalue weighted by Crippen LogP contribution is 2.35. The van der Waals surface area contributed by atoms with Gasteiger partial charge in [0.1, 0.15) is 24.0 Å². The zero-order valence-corrected chi connectivity index (χ0v) is 11.7. The van der Waals surface area contributed by atoms with Crippen LogP contribution in [0.3, 0.4) is 0 Å². The van der Waals surface area contributed by atoms with Gasteiger partial charge in [-0.2, -0.15) is 5.10 Å². The van der Waals surface area contributed by atoms with Gasteiger partial charge < -0.3 is 4.52 Å². The minimum absolute atomic E-state index is 0.165. The molecule has 0 spiro atoms. The molecule has 1 aromatic carbocycles. The van der Waals surface area contributed by atoms with Crippen molar-refractivity contribution in [2.45, 2.75) is 26.2 Å². The lowest BCUT2D eigenvalue weighted by molar-refractivity contribution is 0.329. The van der Waals surface area contributed by atoms with Crippen LogP contribution >= 0.6 is 0 Å². The second kappa shape index (κ2) is 4.59. The molecular weight excluding hydrogens is 252 g/mol. The molecule has 0 bridgehead atoms. The molecule has 0 fully saturated rings. The van der Waals surface area contributed by atoms with Crippen LogP contribution in [-0.2, 0) is 5.41 Å². The average molecular weight is 268 g/mol. The first-order valence-corrected chi connectivity index (χ1v) is 6.48. The molecule has 5 nitrogen and oxygen atoms in total. The predicted molar refractivity (Wildman–Crippen MR) is 75.6 cm³/mol. The van der Waals surface area contributed by atoms with E-state index in [1.807, 2.05) is 30.3 Å². The molecule has 0 aliphatic carbocycles. The van der Waals surface area contributed by atoms with Gasteiger partial charge in [-0.05, 0) is 0 Å². The number of rotatable bonds is 2. The van der Waals surface area contributed by atoms with Crippen molar-refractivity contribution in [3.63, 3.8) is 0 Å². The Morgan fingerprint density at radius 3 is 2.45 bits per heavy atom. The molecule has 0 unspecified atom stereocenters. The molecule has 0 aliphatic heterocycles. The third-order valence-electron chi connectivity index (χ3n) is 3.04. The highest BCUT2D eigenvalue weighted by molar-refractivity contribution is 5.70. The molecule has 0 saturated carbocycles. The summed E-state index contributed by atoms with van der Waals surface area (Å²) < 4.78 is 7.31. The molecule has 0 saturated heterocycles. The van der Waals surface area contributed by atoms with Crippen molar-refractivity contribution in [2.24, 2.45) is 0 Å². The summed E-state index contributed by atoms with van der Waals surface area (Å²) in [6.07, 6.45) is 3.17. The van der Waals surface area contributed by atoms with Crippen molar-refractivity contribution in [3.8, 4) is 16.9 Å². The van der Waals surface area contributed by atoms with E-state index < -0.39 is 0 Å². The first kappa shape index (κ1) is 12.6. The Bertz CT molecular complexity index is 693. The van der Waals surface area contributed by atoms with Crippen molar-refractivity contribution in [1.82, 2.24) is 19.9 Å². The second-order valence-corrected chi connectivity index (χ2v) is 5.66. The minimum atomic E-state index is -0.165. The van der Waals surface area contributed by atoms with Crippen LogP contribution in [0, 0.1) is 0 Å². The van der Waals surface area contributed by atoms with Crippen molar-refractivity contribution in [3.05, 3.63) is 48.7 Å². The maximum Gasteiger partial charge on any atom is 0.168 e. The molecule has 5 heteroatoms. The van der Waals surface area contributed by atoms with Crippen molar-refractivity contribution < 1.29 is 4.52 Å². The van der Waals surface area contributed by atoms with Gasteiger partial charge in [-0.3, -0.25) is 0 Å². The number of hydrogen-bond acceptors (Lipinski definition) is 4. The van der Waals surface area contributed by atoms with Gasteiger partial charge in [0.05, 0.1) is 0 Å². The third-order valence-corrected chi connectivity index (χ3v) is 3.04. The standard InChI is InChI=1S/C15H16N4O/c1-15(2,3)14-13(19-10-16-9-17-19)12(18-20-14)11-7-5-4-6-8-11/h4-10H,1-3H3. The topological polar surface area (TPSA) is 56.7 Å². The van der Waals surface area contributed by atoms with Crippen molar-refractivity contribution in [1.29, 1.82) is 0 Å². The fourth-order valence-corrected chi connectivity index (χ4v) is 2.10. The highest BCUT2D eigenvalue weighted by Gasteiger charge is 2.28. The summed E-state index contributed by atoms with van der Waals surface area (Å²) >= 11 is 0. The van der Waals surface area contributed by atoms with Gasteiger partial charge >= 0.3 is 0 Å². The Morgan fingerprint density at radius 1 is 1.10 bits per heavy atom. The van der Waals surface area contributed by atoms with Crippen LogP contribution in [0.4, 0.5) is 0 Å². The van der Waals surface area contributed by atoms with Crippen LogP contribution in [0.1, 0.15) is 26.5 Å². The Balaban J connectivity index is 2.25. The quantitative estimate of drug-likeness (QED) is 0.716. The summed E-state index contributed by atoms with van der Waals surface area (Å²) in [4.78, 5) is 4.02. The predicted octanol–water partition coefficient (Wildman–Crippen LogP) is 3.22. The molecule has 2 aromatic heterocycles. The number of hydrogen-bond donors (Lipinski definition) is 0. The van der Waals surface area contributed by atoms with E-state index in [9.17, 15) is 0 Å². The van der Waals surface area contributed by atoms with Crippen LogP contribution in [0.2, 0.25) is 0 Å². The van der Waals surface area contributed by atoms with Crippen molar-refractivity contribution >= 4 is 0 Å². The maximum absolute atomic E-state index is 5.60. The third kappa shape index (κ3) is 2.11. The van der Waals surface area contributed by atoms with Gasteiger partial charge in [-0.1, -0.05) is 56.3 Å². The average Bonchev–Trinajstić information content (AvgIpc) is 3.07. The highest BCUT2D eigenvalue weighted by atomic mass is 16.5. The van der Waals surface area contributed by atoms with E-state index in [1.165, 1.54) is 6.33 Å². The Hall–Kier alpha value is -2.43. The Labute approximate surface area is 117 Å². The SMILES string of the molecule is CC(C)(C)c1onc(-c2ccccc2)c1-n1cncn1. The van der Waals surface area contributed by atoms with Crippen LogP contribution in [0.15, 0.2) is 47.5 Å². The fourth-order valence-electron chi connectivity index (χ4n) is 2.10. The monoisotopic (exact) mass is 268 g/mol. The molecule has 0 aliphatic rings. The number of benzene rings is 1. The molecule has 0 N–H and O–H groups in total. The lowest BCUT2D eigenvalue weighted by Gasteiger charge is -2.16. The summed E-state index contributed by atoms with van der Waals surface area (Å²) in [5, 5.41) is 8.47. The van der Waals surface area contributed by atoms with Crippen LogP contribution in [0.25, 0.3) is 16.9 Å². The molecule has 0 amide bonds.